The molecular formula is C20H22N6. The first-order valence-corrected chi connectivity index (χ1v) is 8.81. The van der Waals surface area contributed by atoms with Gasteiger partial charge in [0.15, 0.2) is 5.82 Å². The van der Waals surface area contributed by atoms with E-state index >= 15 is 0 Å². The molecule has 132 valence electrons. The Balaban J connectivity index is 1.76. The summed E-state index contributed by atoms with van der Waals surface area (Å²) in [6, 6.07) is 10.2. The minimum atomic E-state index is 0.565. The second kappa shape index (κ2) is 7.00. The second-order valence-corrected chi connectivity index (χ2v) is 6.80. The third kappa shape index (κ3) is 3.18. The summed E-state index contributed by atoms with van der Waals surface area (Å²) in [7, 11) is 0. The van der Waals surface area contributed by atoms with Crippen molar-refractivity contribution >= 4 is 0 Å². The lowest BCUT2D eigenvalue weighted by atomic mass is 10.1. The number of aromatic nitrogens is 6. The van der Waals surface area contributed by atoms with E-state index < -0.39 is 0 Å². The Labute approximate surface area is 152 Å². The molecule has 0 spiro atoms. The van der Waals surface area contributed by atoms with Crippen molar-refractivity contribution in [2.24, 2.45) is 5.92 Å². The van der Waals surface area contributed by atoms with Crippen molar-refractivity contribution in [2.45, 2.75) is 26.9 Å². The Hall–Kier alpha value is -3.15. The van der Waals surface area contributed by atoms with Gasteiger partial charge < -0.3 is 14.1 Å². The van der Waals surface area contributed by atoms with Crippen LogP contribution in [-0.2, 0) is 13.1 Å². The monoisotopic (exact) mass is 346 g/mol. The molecule has 4 aromatic rings. The smallest absolute Gasteiger partial charge is 0.156 e. The Morgan fingerprint density at radius 1 is 1.04 bits per heavy atom. The molecule has 0 unspecified atom stereocenters. The van der Waals surface area contributed by atoms with Crippen molar-refractivity contribution in [1.29, 1.82) is 0 Å². The van der Waals surface area contributed by atoms with Crippen molar-refractivity contribution in [2.75, 3.05) is 0 Å². The van der Waals surface area contributed by atoms with Gasteiger partial charge in [0, 0.05) is 30.7 Å². The fraction of sp³-hybridized carbons (Fsp3) is 0.250. The zero-order valence-electron chi connectivity index (χ0n) is 15.0. The minimum Gasteiger partial charge on any atom is -0.343 e. The van der Waals surface area contributed by atoms with Crippen LogP contribution in [0.25, 0.3) is 22.8 Å². The first-order chi connectivity index (χ1) is 12.7. The van der Waals surface area contributed by atoms with Crippen LogP contribution in [0.15, 0.2) is 61.6 Å². The molecule has 0 saturated heterocycles. The Bertz CT molecular complexity index is 963. The van der Waals surface area contributed by atoms with Crippen LogP contribution >= 0.6 is 0 Å². The molecule has 26 heavy (non-hydrogen) atoms. The number of imidazole rings is 3. The summed E-state index contributed by atoms with van der Waals surface area (Å²) in [5.74, 6) is 1.38. The zero-order chi connectivity index (χ0) is 17.9. The van der Waals surface area contributed by atoms with Gasteiger partial charge in [0.25, 0.3) is 0 Å². The van der Waals surface area contributed by atoms with Gasteiger partial charge in [-0.3, -0.25) is 0 Å². The van der Waals surface area contributed by atoms with Crippen LogP contribution in [0.1, 0.15) is 19.5 Å². The van der Waals surface area contributed by atoms with Gasteiger partial charge in [-0.15, -0.1) is 0 Å². The van der Waals surface area contributed by atoms with Crippen LogP contribution in [0, 0.1) is 5.92 Å². The standard InChI is InChI=1S/C20H22N6/c1-15(2)11-25-13-21-10-17(25)12-26-14-24-18(16-6-4-3-5-7-16)19(26)20-22-8-9-23-20/h3-10,13-15H,11-12H2,1-2H3,(H,22,23). The SMILES string of the molecule is CC(C)Cn1cncc1Cn1cnc(-c2ccccc2)c1-c1ncc[nH]1. The molecule has 3 heterocycles. The molecule has 0 amide bonds. The average molecular weight is 346 g/mol. The van der Waals surface area contributed by atoms with Crippen molar-refractivity contribution < 1.29 is 0 Å². The summed E-state index contributed by atoms with van der Waals surface area (Å²) in [5, 5.41) is 0. The Morgan fingerprint density at radius 2 is 1.88 bits per heavy atom. The van der Waals surface area contributed by atoms with E-state index in [1.807, 2.05) is 43.2 Å². The van der Waals surface area contributed by atoms with E-state index in [1.165, 1.54) is 0 Å². The topological polar surface area (TPSA) is 64.3 Å². The van der Waals surface area contributed by atoms with Crippen LogP contribution in [0.3, 0.4) is 0 Å². The molecule has 1 aromatic carbocycles. The molecular weight excluding hydrogens is 324 g/mol. The van der Waals surface area contributed by atoms with E-state index in [0.717, 1.165) is 35.0 Å². The number of nitrogens with one attached hydrogen (secondary N) is 1. The quantitative estimate of drug-likeness (QED) is 0.577. The Kier molecular flexibility index (Phi) is 4.39. The summed E-state index contributed by atoms with van der Waals surface area (Å²) < 4.78 is 4.34. The van der Waals surface area contributed by atoms with Gasteiger partial charge in [0.1, 0.15) is 5.69 Å². The van der Waals surface area contributed by atoms with Gasteiger partial charge in [-0.25, -0.2) is 15.0 Å². The molecule has 0 atom stereocenters. The van der Waals surface area contributed by atoms with Crippen LogP contribution < -0.4 is 0 Å². The summed E-state index contributed by atoms with van der Waals surface area (Å²) in [5.41, 5.74) is 4.14. The highest BCUT2D eigenvalue weighted by Gasteiger charge is 2.18. The van der Waals surface area contributed by atoms with Crippen LogP contribution in [0.5, 0.6) is 0 Å². The van der Waals surface area contributed by atoms with Gasteiger partial charge in [-0.1, -0.05) is 44.2 Å². The molecule has 0 fully saturated rings. The first-order valence-electron chi connectivity index (χ1n) is 8.81. The van der Waals surface area contributed by atoms with Crippen molar-refractivity contribution in [1.82, 2.24) is 29.1 Å². The van der Waals surface area contributed by atoms with Crippen LogP contribution in [-0.4, -0.2) is 29.1 Å². The first kappa shape index (κ1) is 16.3. The lowest BCUT2D eigenvalue weighted by Gasteiger charge is -2.13. The van der Waals surface area contributed by atoms with Crippen LogP contribution in [0.4, 0.5) is 0 Å². The average Bonchev–Trinajstić information content (AvgIpc) is 3.37. The summed E-state index contributed by atoms with van der Waals surface area (Å²) in [6.45, 7) is 6.07. The maximum atomic E-state index is 4.69. The number of hydrogen-bond acceptors (Lipinski definition) is 3. The highest BCUT2D eigenvalue weighted by atomic mass is 15.1. The number of nitrogens with zero attached hydrogens (tertiary/aromatic N) is 5. The van der Waals surface area contributed by atoms with E-state index in [-0.39, 0.29) is 0 Å². The van der Waals surface area contributed by atoms with Gasteiger partial charge in [-0.2, -0.15) is 0 Å². The zero-order valence-corrected chi connectivity index (χ0v) is 15.0. The maximum Gasteiger partial charge on any atom is 0.156 e. The van der Waals surface area contributed by atoms with Gasteiger partial charge in [0.2, 0.25) is 0 Å². The van der Waals surface area contributed by atoms with E-state index in [9.17, 15) is 0 Å². The molecule has 1 N–H and O–H groups in total. The second-order valence-electron chi connectivity index (χ2n) is 6.80. The molecule has 0 aliphatic rings. The molecule has 0 aliphatic heterocycles. The minimum absolute atomic E-state index is 0.565. The fourth-order valence-corrected chi connectivity index (χ4v) is 3.16. The molecule has 6 nitrogen and oxygen atoms in total. The van der Waals surface area contributed by atoms with E-state index in [4.69, 9.17) is 0 Å². The molecule has 0 bridgehead atoms. The molecule has 0 radical (unpaired) electrons. The number of rotatable bonds is 6. The molecule has 3 aromatic heterocycles. The lowest BCUT2D eigenvalue weighted by Crippen LogP contribution is -2.10. The summed E-state index contributed by atoms with van der Waals surface area (Å²) >= 11 is 0. The van der Waals surface area contributed by atoms with E-state index in [2.05, 4.69) is 55.1 Å². The number of hydrogen-bond donors (Lipinski definition) is 1. The molecule has 0 aliphatic carbocycles. The van der Waals surface area contributed by atoms with Gasteiger partial charge in [0.05, 0.1) is 30.6 Å². The summed E-state index contributed by atoms with van der Waals surface area (Å²) in [4.78, 5) is 16.7. The third-order valence-electron chi connectivity index (χ3n) is 4.30. The third-order valence-corrected chi connectivity index (χ3v) is 4.30. The highest BCUT2D eigenvalue weighted by Crippen LogP contribution is 2.29. The largest absolute Gasteiger partial charge is 0.343 e. The van der Waals surface area contributed by atoms with E-state index in [1.54, 1.807) is 6.20 Å². The molecule has 4 rings (SSSR count). The van der Waals surface area contributed by atoms with Crippen molar-refractivity contribution in [3.63, 3.8) is 0 Å². The van der Waals surface area contributed by atoms with Gasteiger partial charge in [-0.05, 0) is 5.92 Å². The highest BCUT2D eigenvalue weighted by molar-refractivity contribution is 5.75. The fourth-order valence-electron chi connectivity index (χ4n) is 3.16. The Morgan fingerprint density at radius 3 is 2.62 bits per heavy atom. The van der Waals surface area contributed by atoms with E-state index in [0.29, 0.717) is 12.5 Å². The predicted molar refractivity (Wildman–Crippen MR) is 101 cm³/mol. The van der Waals surface area contributed by atoms with Crippen LogP contribution in [0.2, 0.25) is 0 Å². The maximum absolute atomic E-state index is 4.69. The number of H-pyrrole nitrogens is 1. The van der Waals surface area contributed by atoms with Crippen molar-refractivity contribution in [3.05, 3.63) is 67.3 Å². The predicted octanol–water partition coefficient (Wildman–Crippen LogP) is 3.84. The molecule has 0 saturated carbocycles. The summed E-state index contributed by atoms with van der Waals surface area (Å²) in [6.07, 6.45) is 9.31. The van der Waals surface area contributed by atoms with Crippen molar-refractivity contribution in [3.8, 4) is 22.8 Å². The normalized spacial score (nSPS) is 11.3. The lowest BCUT2D eigenvalue weighted by molar-refractivity contribution is 0.504. The molecule has 6 heteroatoms. The number of aromatic amines is 1. The number of benzene rings is 1. The van der Waals surface area contributed by atoms with Gasteiger partial charge >= 0.3 is 0 Å².